The minimum absolute atomic E-state index is 0.505. The van der Waals surface area contributed by atoms with E-state index in [-0.39, 0.29) is 0 Å². The SMILES string of the molecule is CC(C)CC(C)(O)CNCc1nccn1C. The first-order chi connectivity index (χ1) is 7.41. The molecule has 1 heterocycles. The Labute approximate surface area is 97.7 Å². The Morgan fingerprint density at radius 1 is 1.56 bits per heavy atom. The van der Waals surface area contributed by atoms with E-state index in [4.69, 9.17) is 0 Å². The van der Waals surface area contributed by atoms with Gasteiger partial charge in [-0.3, -0.25) is 0 Å². The Morgan fingerprint density at radius 3 is 2.75 bits per heavy atom. The van der Waals surface area contributed by atoms with Crippen molar-refractivity contribution in [3.63, 3.8) is 0 Å². The van der Waals surface area contributed by atoms with Crippen molar-refractivity contribution < 1.29 is 5.11 Å². The zero-order valence-corrected chi connectivity index (χ0v) is 10.7. The summed E-state index contributed by atoms with van der Waals surface area (Å²) in [7, 11) is 1.97. The molecular formula is C12H23N3O. The average Bonchev–Trinajstić information content (AvgIpc) is 2.49. The first-order valence-electron chi connectivity index (χ1n) is 5.80. The fourth-order valence-electron chi connectivity index (χ4n) is 1.96. The van der Waals surface area contributed by atoms with Crippen molar-refractivity contribution in [2.24, 2.45) is 13.0 Å². The van der Waals surface area contributed by atoms with E-state index in [0.29, 0.717) is 19.0 Å². The van der Waals surface area contributed by atoms with Gasteiger partial charge in [0, 0.05) is 26.0 Å². The van der Waals surface area contributed by atoms with E-state index in [9.17, 15) is 5.11 Å². The van der Waals surface area contributed by atoms with Crippen molar-refractivity contribution in [2.75, 3.05) is 6.54 Å². The number of aryl methyl sites for hydroxylation is 1. The summed E-state index contributed by atoms with van der Waals surface area (Å²) in [6, 6.07) is 0. The number of nitrogens with one attached hydrogen (secondary N) is 1. The third kappa shape index (κ3) is 4.33. The molecule has 0 fully saturated rings. The summed E-state index contributed by atoms with van der Waals surface area (Å²) in [5, 5.41) is 13.3. The van der Waals surface area contributed by atoms with Crippen molar-refractivity contribution in [2.45, 2.75) is 39.3 Å². The maximum absolute atomic E-state index is 10.1. The molecule has 0 amide bonds. The van der Waals surface area contributed by atoms with E-state index >= 15 is 0 Å². The lowest BCUT2D eigenvalue weighted by Crippen LogP contribution is -2.38. The molecule has 0 radical (unpaired) electrons. The van der Waals surface area contributed by atoms with E-state index < -0.39 is 5.60 Å². The highest BCUT2D eigenvalue weighted by Crippen LogP contribution is 2.15. The van der Waals surface area contributed by atoms with Crippen LogP contribution in [0.5, 0.6) is 0 Å². The fraction of sp³-hybridized carbons (Fsp3) is 0.750. The van der Waals surface area contributed by atoms with Crippen LogP contribution in [0.3, 0.4) is 0 Å². The normalized spacial score (nSPS) is 15.4. The predicted octanol–water partition coefficient (Wildman–Crippen LogP) is 1.31. The lowest BCUT2D eigenvalue weighted by atomic mass is 9.94. The average molecular weight is 225 g/mol. The van der Waals surface area contributed by atoms with Gasteiger partial charge in [-0.05, 0) is 19.3 Å². The third-order valence-electron chi connectivity index (χ3n) is 2.56. The molecule has 4 nitrogen and oxygen atoms in total. The maximum atomic E-state index is 10.1. The zero-order valence-electron chi connectivity index (χ0n) is 10.7. The molecule has 0 aromatic carbocycles. The highest BCUT2D eigenvalue weighted by molar-refractivity contribution is 4.91. The molecule has 1 unspecified atom stereocenters. The fourth-order valence-corrected chi connectivity index (χ4v) is 1.96. The molecular weight excluding hydrogens is 202 g/mol. The van der Waals surface area contributed by atoms with Gasteiger partial charge in [-0.15, -0.1) is 0 Å². The molecule has 0 aliphatic heterocycles. The van der Waals surface area contributed by atoms with Gasteiger partial charge in [0.05, 0.1) is 12.1 Å². The van der Waals surface area contributed by atoms with Gasteiger partial charge in [-0.25, -0.2) is 4.98 Å². The highest BCUT2D eigenvalue weighted by atomic mass is 16.3. The molecule has 1 aromatic rings. The Morgan fingerprint density at radius 2 is 2.25 bits per heavy atom. The van der Waals surface area contributed by atoms with E-state index in [1.165, 1.54) is 0 Å². The second kappa shape index (κ2) is 5.46. The van der Waals surface area contributed by atoms with Crippen molar-refractivity contribution >= 4 is 0 Å². The molecule has 0 bridgehead atoms. The smallest absolute Gasteiger partial charge is 0.122 e. The van der Waals surface area contributed by atoms with Gasteiger partial charge in [-0.2, -0.15) is 0 Å². The summed E-state index contributed by atoms with van der Waals surface area (Å²) in [6.07, 6.45) is 4.51. The molecule has 0 aliphatic rings. The van der Waals surface area contributed by atoms with Crippen LogP contribution in [0.4, 0.5) is 0 Å². The van der Waals surface area contributed by atoms with Gasteiger partial charge < -0.3 is 15.0 Å². The Balaban J connectivity index is 2.32. The van der Waals surface area contributed by atoms with Crippen LogP contribution in [-0.2, 0) is 13.6 Å². The standard InChI is InChI=1S/C12H23N3O/c1-10(2)7-12(3,16)9-13-8-11-14-5-6-15(11)4/h5-6,10,13,16H,7-9H2,1-4H3. The molecule has 1 atom stereocenters. The molecule has 4 heteroatoms. The monoisotopic (exact) mass is 225 g/mol. The van der Waals surface area contributed by atoms with Crippen LogP contribution in [-0.4, -0.2) is 26.8 Å². The van der Waals surface area contributed by atoms with Crippen LogP contribution in [0.2, 0.25) is 0 Å². The first-order valence-corrected chi connectivity index (χ1v) is 5.80. The van der Waals surface area contributed by atoms with Crippen LogP contribution in [0, 0.1) is 5.92 Å². The Bertz CT molecular complexity index is 318. The lowest BCUT2D eigenvalue weighted by molar-refractivity contribution is 0.0381. The molecule has 0 spiro atoms. The van der Waals surface area contributed by atoms with Crippen LogP contribution >= 0.6 is 0 Å². The van der Waals surface area contributed by atoms with Gasteiger partial charge >= 0.3 is 0 Å². The van der Waals surface area contributed by atoms with E-state index in [0.717, 1.165) is 12.2 Å². The summed E-state index contributed by atoms with van der Waals surface area (Å²) in [5.74, 6) is 1.49. The number of nitrogens with zero attached hydrogens (tertiary/aromatic N) is 2. The quantitative estimate of drug-likeness (QED) is 0.767. The molecule has 16 heavy (non-hydrogen) atoms. The number of aliphatic hydroxyl groups is 1. The molecule has 92 valence electrons. The van der Waals surface area contributed by atoms with Crippen molar-refractivity contribution in [3.05, 3.63) is 18.2 Å². The lowest BCUT2D eigenvalue weighted by Gasteiger charge is -2.25. The summed E-state index contributed by atoms with van der Waals surface area (Å²) in [4.78, 5) is 4.22. The third-order valence-corrected chi connectivity index (χ3v) is 2.56. The van der Waals surface area contributed by atoms with Gasteiger partial charge in [0.15, 0.2) is 0 Å². The summed E-state index contributed by atoms with van der Waals surface area (Å²) in [6.45, 7) is 7.40. The molecule has 0 saturated heterocycles. The minimum Gasteiger partial charge on any atom is -0.389 e. The highest BCUT2D eigenvalue weighted by Gasteiger charge is 2.21. The van der Waals surface area contributed by atoms with E-state index in [1.807, 2.05) is 24.7 Å². The van der Waals surface area contributed by atoms with Gasteiger partial charge in [-0.1, -0.05) is 13.8 Å². The van der Waals surface area contributed by atoms with Crippen LogP contribution in [0.15, 0.2) is 12.4 Å². The molecule has 0 aliphatic carbocycles. The molecule has 1 aromatic heterocycles. The number of imidazole rings is 1. The molecule has 0 saturated carbocycles. The van der Waals surface area contributed by atoms with Crippen LogP contribution in [0.1, 0.15) is 33.0 Å². The van der Waals surface area contributed by atoms with Crippen molar-refractivity contribution in [3.8, 4) is 0 Å². The van der Waals surface area contributed by atoms with Gasteiger partial charge in [0.1, 0.15) is 5.82 Å². The summed E-state index contributed by atoms with van der Waals surface area (Å²) in [5.41, 5.74) is -0.640. The minimum atomic E-state index is -0.640. The predicted molar refractivity (Wildman–Crippen MR) is 65.0 cm³/mol. The van der Waals surface area contributed by atoms with E-state index in [1.54, 1.807) is 6.20 Å². The number of rotatable bonds is 6. The summed E-state index contributed by atoms with van der Waals surface area (Å²) < 4.78 is 1.98. The van der Waals surface area contributed by atoms with Gasteiger partial charge in [0.2, 0.25) is 0 Å². The second-order valence-electron chi connectivity index (χ2n) is 5.15. The Kier molecular flexibility index (Phi) is 4.50. The largest absolute Gasteiger partial charge is 0.389 e. The van der Waals surface area contributed by atoms with Crippen LogP contribution in [0.25, 0.3) is 0 Å². The van der Waals surface area contributed by atoms with Gasteiger partial charge in [0.25, 0.3) is 0 Å². The first kappa shape index (κ1) is 13.2. The number of hydrogen-bond donors (Lipinski definition) is 2. The molecule has 2 N–H and O–H groups in total. The van der Waals surface area contributed by atoms with Crippen LogP contribution < -0.4 is 5.32 Å². The number of hydrogen-bond acceptors (Lipinski definition) is 3. The van der Waals surface area contributed by atoms with Crippen molar-refractivity contribution in [1.29, 1.82) is 0 Å². The van der Waals surface area contributed by atoms with Crippen molar-refractivity contribution in [1.82, 2.24) is 14.9 Å². The molecule has 1 rings (SSSR count). The number of aromatic nitrogens is 2. The maximum Gasteiger partial charge on any atom is 0.122 e. The van der Waals surface area contributed by atoms with E-state index in [2.05, 4.69) is 24.1 Å². The summed E-state index contributed by atoms with van der Waals surface area (Å²) >= 11 is 0. The Hall–Kier alpha value is -0.870. The second-order valence-corrected chi connectivity index (χ2v) is 5.15. The zero-order chi connectivity index (χ0) is 12.2. The topological polar surface area (TPSA) is 50.1 Å².